The highest BCUT2D eigenvalue weighted by Crippen LogP contribution is 2.32. The van der Waals surface area contributed by atoms with E-state index < -0.39 is 12.0 Å². The SMILES string of the molecule is CC(C)N(CC[C@@H]1N[C@H](CCNC(=O)c2ccc(Cl)c(Cl)c2)CCN(CC(c2ccccc2)c2ccccc2)C1=O)C(C)C.CC(C)NCC[C@@H]1N[C@H](CCNC(=O)c2ccc(Cl)c(Cl)c2)CCN(CC(c2ccccc2)c2ccccc2)C1=O.NC(N)=NCCC[C@@H]1N[C@H](CNC(=O)c2ccc3ccccc3c2)CCN(CC(C(=O)Cc2ccccc2)c2ccccc2)C1=O. The second-order valence-electron chi connectivity index (χ2n) is 35.0. The molecule has 21 nitrogen and oxygen atoms in total. The van der Waals surface area contributed by atoms with Crippen LogP contribution >= 0.6 is 46.4 Å². The van der Waals surface area contributed by atoms with Crippen molar-refractivity contribution in [3.8, 4) is 0 Å². The molecule has 0 spiro atoms. The van der Waals surface area contributed by atoms with Crippen LogP contribution in [-0.4, -0.2) is 200 Å². The summed E-state index contributed by atoms with van der Waals surface area (Å²) in [5.41, 5.74) is 19.2. The summed E-state index contributed by atoms with van der Waals surface area (Å²) in [5, 5.41) is 27.0. The number of carbonyl (C=O) groups excluding carboxylic acids is 7. The molecular formula is C106H128Cl4N14O7. The van der Waals surface area contributed by atoms with E-state index in [0.717, 1.165) is 54.3 Å². The molecule has 3 saturated heterocycles. The smallest absolute Gasteiger partial charge is 0.251 e. The predicted octanol–water partition coefficient (Wildman–Crippen LogP) is 16.7. The van der Waals surface area contributed by atoms with Gasteiger partial charge >= 0.3 is 0 Å². The molecule has 0 bridgehead atoms. The Balaban J connectivity index is 0.000000190. The number of hydrogen-bond donors (Lipinski definition) is 9. The molecule has 692 valence electrons. The van der Waals surface area contributed by atoms with E-state index >= 15 is 0 Å². The fourth-order valence-electron chi connectivity index (χ4n) is 17.5. The molecule has 6 amide bonds. The van der Waals surface area contributed by atoms with Crippen LogP contribution in [-0.2, 0) is 25.6 Å². The van der Waals surface area contributed by atoms with E-state index in [4.69, 9.17) is 57.9 Å². The number of hydrogen-bond acceptors (Lipinski definition) is 13. The van der Waals surface area contributed by atoms with Crippen LogP contribution in [0.25, 0.3) is 10.8 Å². The Bertz CT molecular complexity index is 5230. The fourth-order valence-corrected chi connectivity index (χ4v) is 18.1. The maximum atomic E-state index is 14.2. The Morgan fingerprint density at radius 3 is 1.26 bits per heavy atom. The highest BCUT2D eigenvalue weighted by atomic mass is 35.5. The molecule has 13 rings (SSSR count). The van der Waals surface area contributed by atoms with Gasteiger partial charge in [-0.2, -0.15) is 0 Å². The predicted molar refractivity (Wildman–Crippen MR) is 532 cm³/mol. The average Bonchev–Trinajstić information content (AvgIpc) is 1.30. The third-order valence-corrected chi connectivity index (χ3v) is 26.1. The van der Waals surface area contributed by atoms with Gasteiger partial charge in [-0.15, -0.1) is 0 Å². The van der Waals surface area contributed by atoms with Crippen LogP contribution in [0.2, 0.25) is 20.1 Å². The van der Waals surface area contributed by atoms with Gasteiger partial charge in [0.25, 0.3) is 17.7 Å². The molecule has 0 saturated carbocycles. The van der Waals surface area contributed by atoms with E-state index in [1.54, 1.807) is 36.4 Å². The summed E-state index contributed by atoms with van der Waals surface area (Å²) in [7, 11) is 0. The number of guanidine groups is 1. The number of carbonyl (C=O) groups is 7. The summed E-state index contributed by atoms with van der Waals surface area (Å²) in [4.78, 5) is 107. The van der Waals surface area contributed by atoms with Gasteiger partial charge in [-0.05, 0) is 185 Å². The number of Topliss-reactive ketones (excluding diaryl/α,β-unsaturated/α-hetero) is 1. The number of nitrogens with two attached hydrogens (primary N) is 2. The lowest BCUT2D eigenvalue weighted by Crippen LogP contribution is -2.49. The topological polar surface area (TPSA) is 281 Å². The molecule has 3 aliphatic rings. The molecule has 10 aromatic rings. The molecule has 10 aromatic carbocycles. The van der Waals surface area contributed by atoms with Gasteiger partial charge in [-0.1, -0.05) is 273 Å². The van der Waals surface area contributed by atoms with E-state index in [1.807, 2.05) is 137 Å². The second kappa shape index (κ2) is 51.8. The Kier molecular flexibility index (Phi) is 39.9. The van der Waals surface area contributed by atoms with Gasteiger partial charge in [0.15, 0.2) is 5.96 Å². The van der Waals surface area contributed by atoms with Gasteiger partial charge in [0.1, 0.15) is 5.78 Å². The van der Waals surface area contributed by atoms with Crippen LogP contribution in [0.1, 0.15) is 182 Å². The van der Waals surface area contributed by atoms with Gasteiger partial charge in [-0.3, -0.25) is 43.5 Å². The van der Waals surface area contributed by atoms with E-state index in [0.29, 0.717) is 152 Å². The van der Waals surface area contributed by atoms with Crippen LogP contribution in [0.15, 0.2) is 266 Å². The minimum Gasteiger partial charge on any atom is -0.370 e. The molecule has 0 aromatic heterocycles. The standard InChI is InChI=1S/C37H42N6O3.C36H46Cl2N4O2.C33H40Cl2N4O2/c38-37(39)40-20-9-16-33-36(46)43(25-32(28-13-5-2-6-14-28)34(44)22-26-10-3-1-4-11-26)21-19-31(42-33)24-41-35(45)30-18-17-27-12-7-8-15-29(27)23-30;1-25(2)42(26(3)4)22-19-34-36(44)41(24-31(27-11-7-5-8-12-27)28-13-9-6-10-14-28)21-18-30(40-34)17-20-39-35(43)29-15-16-32(37)33(38)23-29;1-23(2)36-19-16-31-33(41)39(22-28(24-9-5-3-6-10-24)25-11-7-4-8-12-25)20-17-27(38-31)15-18-37-32(40)26-13-14-29(34)30(35)21-26/h1-8,10-15,17-18,23,31-33,42H,9,16,19-22,24-25H2,(H,41,45)(H4,38,39,40);5-16,23,25-26,30-31,34,40H,17-22,24H2,1-4H3,(H,39,43);3-14,21,23,27-28,31,36,38H,15-20,22H2,1-2H3,(H,37,40)/t31-,32?,33-;30-,34+;27-,31+/m011/s1. The van der Waals surface area contributed by atoms with Crippen molar-refractivity contribution >= 4 is 104 Å². The maximum absolute atomic E-state index is 14.2. The van der Waals surface area contributed by atoms with Gasteiger partial charge in [0.05, 0.1) is 44.1 Å². The van der Waals surface area contributed by atoms with Crippen molar-refractivity contribution in [1.82, 2.24) is 56.8 Å². The zero-order valence-electron chi connectivity index (χ0n) is 76.1. The second-order valence-corrected chi connectivity index (χ2v) is 36.6. The molecule has 3 fully saturated rings. The zero-order chi connectivity index (χ0) is 93.1. The van der Waals surface area contributed by atoms with E-state index in [-0.39, 0.29) is 102 Å². The summed E-state index contributed by atoms with van der Waals surface area (Å²) in [6.45, 7) is 19.6. The van der Waals surface area contributed by atoms with Crippen LogP contribution < -0.4 is 48.7 Å². The van der Waals surface area contributed by atoms with Crippen molar-refractivity contribution in [1.29, 1.82) is 0 Å². The fraction of sp³-hybridized carbons (Fsp3) is 0.377. The first-order valence-electron chi connectivity index (χ1n) is 46.1. The van der Waals surface area contributed by atoms with E-state index in [1.165, 1.54) is 22.3 Å². The van der Waals surface area contributed by atoms with Gasteiger partial charge in [-0.25, -0.2) is 0 Å². The summed E-state index contributed by atoms with van der Waals surface area (Å²) >= 11 is 24.2. The van der Waals surface area contributed by atoms with Crippen molar-refractivity contribution in [2.75, 3.05) is 78.5 Å². The number of nitrogens with zero attached hydrogens (tertiary/aromatic N) is 5. The molecule has 7 atom stereocenters. The van der Waals surface area contributed by atoms with Crippen molar-refractivity contribution in [2.45, 2.75) is 178 Å². The van der Waals surface area contributed by atoms with Crippen LogP contribution in [0, 0.1) is 0 Å². The number of benzene rings is 10. The molecule has 0 aliphatic carbocycles. The first kappa shape index (κ1) is 101. The third-order valence-electron chi connectivity index (χ3n) is 24.6. The van der Waals surface area contributed by atoms with Crippen LogP contribution in [0.3, 0.4) is 0 Å². The van der Waals surface area contributed by atoms with E-state index in [9.17, 15) is 33.6 Å². The molecule has 3 aliphatic heterocycles. The number of amides is 6. The minimum atomic E-state index is -0.514. The molecule has 25 heteroatoms. The van der Waals surface area contributed by atoms with Crippen molar-refractivity contribution in [3.63, 3.8) is 0 Å². The Morgan fingerprint density at radius 1 is 0.420 bits per heavy atom. The molecule has 131 heavy (non-hydrogen) atoms. The lowest BCUT2D eigenvalue weighted by molar-refractivity contribution is -0.134. The van der Waals surface area contributed by atoms with Gasteiger partial charge < -0.3 is 63.4 Å². The van der Waals surface area contributed by atoms with Gasteiger partial charge in [0, 0.05) is 143 Å². The highest BCUT2D eigenvalue weighted by Gasteiger charge is 2.38. The largest absolute Gasteiger partial charge is 0.370 e. The first-order valence-corrected chi connectivity index (χ1v) is 47.6. The van der Waals surface area contributed by atoms with E-state index in [2.05, 4.69) is 191 Å². The summed E-state index contributed by atoms with van der Waals surface area (Å²) < 4.78 is 0. The number of rotatable bonds is 38. The van der Waals surface area contributed by atoms with Crippen LogP contribution in [0.5, 0.6) is 0 Å². The van der Waals surface area contributed by atoms with Crippen molar-refractivity contribution in [3.05, 3.63) is 331 Å². The van der Waals surface area contributed by atoms with Crippen molar-refractivity contribution < 1.29 is 33.6 Å². The van der Waals surface area contributed by atoms with Crippen LogP contribution in [0.4, 0.5) is 0 Å². The average molecular weight is 1850 g/mol. The molecule has 0 radical (unpaired) electrons. The Morgan fingerprint density at radius 2 is 0.809 bits per heavy atom. The number of aliphatic imine (C=N–C) groups is 1. The lowest BCUT2D eigenvalue weighted by atomic mass is 9.90. The molecule has 3 heterocycles. The number of nitrogens with one attached hydrogen (secondary N) is 7. The van der Waals surface area contributed by atoms with Crippen molar-refractivity contribution in [2.24, 2.45) is 16.5 Å². The monoisotopic (exact) mass is 1850 g/mol. The highest BCUT2D eigenvalue weighted by molar-refractivity contribution is 6.42. The first-order chi connectivity index (χ1) is 63.3. The molecule has 11 N–H and O–H groups in total. The Hall–Kier alpha value is -10.8. The summed E-state index contributed by atoms with van der Waals surface area (Å²) in [5.74, 6) is -0.579. The number of halogens is 4. The number of fused-ring (bicyclic) bond motifs is 1. The van der Waals surface area contributed by atoms with Gasteiger partial charge in [0.2, 0.25) is 17.7 Å². The maximum Gasteiger partial charge on any atom is 0.251 e. The summed E-state index contributed by atoms with van der Waals surface area (Å²) in [6, 6.07) is 84.5. The minimum absolute atomic E-state index is 0.0127. The molecular weight excluding hydrogens is 1720 g/mol. The number of ketones is 1. The normalized spacial score (nSPS) is 17.4. The third kappa shape index (κ3) is 31.2. The molecule has 1 unspecified atom stereocenters. The summed E-state index contributed by atoms with van der Waals surface area (Å²) in [6.07, 6.45) is 6.45. The Labute approximate surface area is 793 Å². The zero-order valence-corrected chi connectivity index (χ0v) is 79.1. The lowest BCUT2D eigenvalue weighted by Gasteiger charge is -2.33. The quantitative estimate of drug-likeness (QED) is 0.00989.